The molecule has 2 aromatic carbocycles. The van der Waals surface area contributed by atoms with E-state index in [1.54, 1.807) is 48.5 Å². The molecule has 0 saturated carbocycles. The lowest BCUT2D eigenvalue weighted by atomic mass is 10.2. The van der Waals surface area contributed by atoms with Crippen LogP contribution in [0.4, 0.5) is 10.1 Å². The van der Waals surface area contributed by atoms with E-state index in [1.807, 2.05) is 0 Å². The maximum Gasteiger partial charge on any atom is 0.241 e. The molecule has 0 fully saturated rings. The lowest BCUT2D eigenvalue weighted by Crippen LogP contribution is -2.40. The van der Waals surface area contributed by atoms with Gasteiger partial charge in [0, 0.05) is 12.1 Å². The highest BCUT2D eigenvalue weighted by Gasteiger charge is 2.20. The molecule has 0 spiro atoms. The maximum absolute atomic E-state index is 13.5. The van der Waals surface area contributed by atoms with Crippen molar-refractivity contribution in [3.63, 3.8) is 0 Å². The largest absolute Gasteiger partial charge is 0.350 e. The number of carbonyl (C=O) groups is 1. The van der Waals surface area contributed by atoms with Gasteiger partial charge in [-0.25, -0.2) is 12.8 Å². The third-order valence-electron chi connectivity index (χ3n) is 3.17. The molecule has 0 unspecified atom stereocenters. The molecular formula is C16H17FN2O3S. The van der Waals surface area contributed by atoms with Crippen molar-refractivity contribution >= 4 is 21.6 Å². The fourth-order valence-electron chi connectivity index (χ4n) is 2.02. The SMILES string of the molecule is CS(=O)(=O)N(CC(=O)NCc1ccccc1F)c1ccccc1. The highest BCUT2D eigenvalue weighted by atomic mass is 32.2. The molecule has 0 aromatic heterocycles. The first-order valence-electron chi connectivity index (χ1n) is 6.91. The number of hydrogen-bond acceptors (Lipinski definition) is 3. The van der Waals surface area contributed by atoms with E-state index in [0.717, 1.165) is 10.6 Å². The van der Waals surface area contributed by atoms with Crippen molar-refractivity contribution in [1.29, 1.82) is 0 Å². The Morgan fingerprint density at radius 3 is 2.30 bits per heavy atom. The summed E-state index contributed by atoms with van der Waals surface area (Å²) in [6, 6.07) is 14.4. The maximum atomic E-state index is 13.5. The number of carbonyl (C=O) groups excluding carboxylic acids is 1. The van der Waals surface area contributed by atoms with E-state index in [0.29, 0.717) is 11.3 Å². The molecule has 122 valence electrons. The van der Waals surface area contributed by atoms with Crippen molar-refractivity contribution in [1.82, 2.24) is 5.32 Å². The zero-order valence-corrected chi connectivity index (χ0v) is 13.4. The number of anilines is 1. The Kier molecular flexibility index (Phi) is 5.33. The number of sulfonamides is 1. The third kappa shape index (κ3) is 4.79. The monoisotopic (exact) mass is 336 g/mol. The standard InChI is InChI=1S/C16H17FN2O3S/c1-23(21,22)19(14-8-3-2-4-9-14)12-16(20)18-11-13-7-5-6-10-15(13)17/h2-10H,11-12H2,1H3,(H,18,20). The number of para-hydroxylation sites is 1. The second kappa shape index (κ2) is 7.23. The Balaban J connectivity index is 2.06. The smallest absolute Gasteiger partial charge is 0.241 e. The van der Waals surface area contributed by atoms with Crippen molar-refractivity contribution in [3.05, 3.63) is 66.0 Å². The van der Waals surface area contributed by atoms with Crippen LogP contribution < -0.4 is 9.62 Å². The molecule has 5 nitrogen and oxygen atoms in total. The van der Waals surface area contributed by atoms with E-state index in [9.17, 15) is 17.6 Å². The van der Waals surface area contributed by atoms with Gasteiger partial charge in [-0.15, -0.1) is 0 Å². The summed E-state index contributed by atoms with van der Waals surface area (Å²) in [5, 5.41) is 2.53. The average molecular weight is 336 g/mol. The molecule has 2 rings (SSSR count). The summed E-state index contributed by atoms with van der Waals surface area (Å²) >= 11 is 0. The molecule has 1 amide bonds. The highest BCUT2D eigenvalue weighted by molar-refractivity contribution is 7.92. The summed E-state index contributed by atoms with van der Waals surface area (Å²) in [5.41, 5.74) is 0.738. The van der Waals surface area contributed by atoms with Crippen LogP contribution in [0.25, 0.3) is 0 Å². The van der Waals surface area contributed by atoms with Crippen LogP contribution in [0.5, 0.6) is 0 Å². The number of hydrogen-bond donors (Lipinski definition) is 1. The first-order valence-corrected chi connectivity index (χ1v) is 8.75. The van der Waals surface area contributed by atoms with Crippen molar-refractivity contribution in [2.45, 2.75) is 6.54 Å². The Hall–Kier alpha value is -2.41. The summed E-state index contributed by atoms with van der Waals surface area (Å²) in [7, 11) is -3.61. The molecule has 7 heteroatoms. The Bertz CT molecular complexity index is 779. The average Bonchev–Trinajstić information content (AvgIpc) is 2.51. The minimum absolute atomic E-state index is 0.00209. The molecule has 23 heavy (non-hydrogen) atoms. The number of nitrogens with one attached hydrogen (secondary N) is 1. The topological polar surface area (TPSA) is 66.5 Å². The number of halogens is 1. The molecule has 0 aliphatic heterocycles. The van der Waals surface area contributed by atoms with Gasteiger partial charge >= 0.3 is 0 Å². The van der Waals surface area contributed by atoms with E-state index < -0.39 is 21.7 Å². The lowest BCUT2D eigenvalue weighted by molar-refractivity contribution is -0.119. The Morgan fingerprint density at radius 2 is 1.70 bits per heavy atom. The lowest BCUT2D eigenvalue weighted by Gasteiger charge is -2.21. The van der Waals surface area contributed by atoms with Crippen LogP contribution in [0.15, 0.2) is 54.6 Å². The summed E-state index contributed by atoms with van der Waals surface area (Å²) in [6.45, 7) is -0.366. The van der Waals surface area contributed by atoms with Crippen LogP contribution in [0.1, 0.15) is 5.56 Å². The van der Waals surface area contributed by atoms with Gasteiger partial charge in [-0.1, -0.05) is 36.4 Å². The van der Waals surface area contributed by atoms with Crippen LogP contribution in [0, 0.1) is 5.82 Å². The van der Waals surface area contributed by atoms with Crippen LogP contribution in [-0.2, 0) is 21.4 Å². The quantitative estimate of drug-likeness (QED) is 0.876. The predicted octanol–water partition coefficient (Wildman–Crippen LogP) is 1.91. The van der Waals surface area contributed by atoms with Crippen molar-refractivity contribution < 1.29 is 17.6 Å². The number of nitrogens with zero attached hydrogens (tertiary/aromatic N) is 1. The van der Waals surface area contributed by atoms with Gasteiger partial charge in [0.05, 0.1) is 11.9 Å². The highest BCUT2D eigenvalue weighted by Crippen LogP contribution is 2.16. The summed E-state index contributed by atoms with van der Waals surface area (Å²) < 4.78 is 38.3. The van der Waals surface area contributed by atoms with Crippen LogP contribution in [0.2, 0.25) is 0 Å². The van der Waals surface area contributed by atoms with Crippen LogP contribution in [-0.4, -0.2) is 27.1 Å². The second-order valence-corrected chi connectivity index (χ2v) is 6.88. The van der Waals surface area contributed by atoms with Gasteiger partial charge in [0.2, 0.25) is 15.9 Å². The van der Waals surface area contributed by atoms with Gasteiger partial charge in [0.1, 0.15) is 12.4 Å². The molecule has 0 bridgehead atoms. The first kappa shape index (κ1) is 17.0. The third-order valence-corrected chi connectivity index (χ3v) is 4.31. The molecule has 0 saturated heterocycles. The van der Waals surface area contributed by atoms with Gasteiger partial charge in [-0.3, -0.25) is 9.10 Å². The number of rotatable bonds is 6. The molecule has 0 aliphatic carbocycles. The normalized spacial score (nSPS) is 11.0. The number of benzene rings is 2. The predicted molar refractivity (Wildman–Crippen MR) is 86.9 cm³/mol. The molecule has 0 radical (unpaired) electrons. The van der Waals surface area contributed by atoms with E-state index in [1.165, 1.54) is 6.07 Å². The van der Waals surface area contributed by atoms with Crippen LogP contribution in [0.3, 0.4) is 0 Å². The van der Waals surface area contributed by atoms with Crippen molar-refractivity contribution in [2.24, 2.45) is 0 Å². The Labute approximate surface area is 134 Å². The van der Waals surface area contributed by atoms with E-state index in [4.69, 9.17) is 0 Å². The fourth-order valence-corrected chi connectivity index (χ4v) is 2.87. The van der Waals surface area contributed by atoms with Gasteiger partial charge in [-0.2, -0.15) is 0 Å². The zero-order chi connectivity index (χ0) is 16.9. The number of amides is 1. The van der Waals surface area contributed by atoms with E-state index in [2.05, 4.69) is 5.32 Å². The van der Waals surface area contributed by atoms with Crippen molar-refractivity contribution in [2.75, 3.05) is 17.1 Å². The molecule has 0 heterocycles. The Morgan fingerprint density at radius 1 is 1.09 bits per heavy atom. The van der Waals surface area contributed by atoms with Gasteiger partial charge in [0.25, 0.3) is 0 Å². The molecular weight excluding hydrogens is 319 g/mol. The molecule has 1 N–H and O–H groups in total. The summed E-state index contributed by atoms with van der Waals surface area (Å²) in [5.74, 6) is -0.932. The zero-order valence-electron chi connectivity index (χ0n) is 12.6. The molecule has 2 aromatic rings. The molecule has 0 atom stereocenters. The van der Waals surface area contributed by atoms with Gasteiger partial charge in [0.15, 0.2) is 0 Å². The van der Waals surface area contributed by atoms with Crippen LogP contribution >= 0.6 is 0 Å². The summed E-state index contributed by atoms with van der Waals surface area (Å²) in [4.78, 5) is 12.0. The second-order valence-electron chi connectivity index (χ2n) is 4.97. The first-order chi connectivity index (χ1) is 10.9. The van der Waals surface area contributed by atoms with E-state index in [-0.39, 0.29) is 13.1 Å². The van der Waals surface area contributed by atoms with Gasteiger partial charge in [-0.05, 0) is 18.2 Å². The van der Waals surface area contributed by atoms with E-state index >= 15 is 0 Å². The van der Waals surface area contributed by atoms with Gasteiger partial charge < -0.3 is 5.32 Å². The minimum atomic E-state index is -3.61. The minimum Gasteiger partial charge on any atom is -0.350 e. The fraction of sp³-hybridized carbons (Fsp3) is 0.188. The summed E-state index contributed by atoms with van der Waals surface area (Å²) in [6.07, 6.45) is 1.03. The molecule has 0 aliphatic rings. The van der Waals surface area contributed by atoms with Crippen molar-refractivity contribution in [3.8, 4) is 0 Å².